The van der Waals surface area contributed by atoms with Gasteiger partial charge in [0.2, 0.25) is 0 Å². The molecule has 2 unspecified atom stereocenters. The summed E-state index contributed by atoms with van der Waals surface area (Å²) in [5, 5.41) is 9.39. The van der Waals surface area contributed by atoms with E-state index in [1.807, 2.05) is 18.2 Å². The number of pyridine rings is 1. The molecule has 3 rings (SSSR count). The standard InChI is InChI=1S/C19H24N2O4/c1-18(2,3)16-12-21(17(23)24)9-7-19(16)11-13(22)10-15(25-19)14-6-4-5-8-20-14/h4-6,8,10,16H,7,9,11-12H2,1-3H3,(H,23,24). The monoisotopic (exact) mass is 344 g/mol. The molecule has 0 radical (unpaired) electrons. The molecule has 1 aromatic heterocycles. The minimum atomic E-state index is -0.924. The SMILES string of the molecule is CC(C)(C)C1CN(C(=O)O)CCC12CC(=O)C=C(c1ccccn1)O2. The van der Waals surface area contributed by atoms with Crippen molar-refractivity contribution in [3.63, 3.8) is 0 Å². The van der Waals surface area contributed by atoms with Crippen LogP contribution in [0.3, 0.4) is 0 Å². The zero-order valence-corrected chi connectivity index (χ0v) is 14.9. The molecule has 6 nitrogen and oxygen atoms in total. The molecule has 2 aliphatic rings. The van der Waals surface area contributed by atoms with Crippen molar-refractivity contribution in [2.75, 3.05) is 13.1 Å². The van der Waals surface area contributed by atoms with Gasteiger partial charge in [0.25, 0.3) is 0 Å². The Morgan fingerprint density at radius 1 is 1.40 bits per heavy atom. The summed E-state index contributed by atoms with van der Waals surface area (Å²) in [7, 11) is 0. The molecule has 134 valence electrons. The van der Waals surface area contributed by atoms with Gasteiger partial charge in [-0.2, -0.15) is 0 Å². The van der Waals surface area contributed by atoms with Crippen LogP contribution in [0, 0.1) is 11.3 Å². The average molecular weight is 344 g/mol. The summed E-state index contributed by atoms with van der Waals surface area (Å²) in [5.41, 5.74) is -0.271. The molecule has 1 fully saturated rings. The van der Waals surface area contributed by atoms with Crippen molar-refractivity contribution < 1.29 is 19.4 Å². The third-order valence-corrected chi connectivity index (χ3v) is 5.15. The van der Waals surface area contributed by atoms with Crippen LogP contribution in [-0.2, 0) is 9.53 Å². The van der Waals surface area contributed by atoms with Crippen LogP contribution in [0.2, 0.25) is 0 Å². The highest BCUT2D eigenvalue weighted by Gasteiger charge is 2.53. The molecule has 3 heterocycles. The number of hydrogen-bond acceptors (Lipinski definition) is 4. The molecule has 1 N–H and O–H groups in total. The zero-order chi connectivity index (χ0) is 18.2. The molecular formula is C19H24N2O4. The average Bonchev–Trinajstić information content (AvgIpc) is 2.54. The lowest BCUT2D eigenvalue weighted by molar-refractivity contribution is -0.138. The van der Waals surface area contributed by atoms with Gasteiger partial charge >= 0.3 is 6.09 Å². The summed E-state index contributed by atoms with van der Waals surface area (Å²) in [5.74, 6) is 0.390. The van der Waals surface area contributed by atoms with E-state index in [-0.39, 0.29) is 23.5 Å². The van der Waals surface area contributed by atoms with Crippen molar-refractivity contribution in [1.82, 2.24) is 9.88 Å². The van der Waals surface area contributed by atoms with Gasteiger partial charge in [0.05, 0.1) is 6.42 Å². The molecule has 25 heavy (non-hydrogen) atoms. The van der Waals surface area contributed by atoms with Crippen LogP contribution in [0.25, 0.3) is 5.76 Å². The second kappa shape index (κ2) is 6.17. The lowest BCUT2D eigenvalue weighted by Gasteiger charge is -2.52. The van der Waals surface area contributed by atoms with Crippen LogP contribution in [0.1, 0.15) is 39.3 Å². The quantitative estimate of drug-likeness (QED) is 0.846. The minimum Gasteiger partial charge on any atom is -0.484 e. The number of piperidine rings is 1. The molecule has 0 aliphatic carbocycles. The maximum absolute atomic E-state index is 12.5. The Balaban J connectivity index is 1.97. The zero-order valence-electron chi connectivity index (χ0n) is 14.9. The van der Waals surface area contributed by atoms with Crippen molar-refractivity contribution in [2.24, 2.45) is 11.3 Å². The van der Waals surface area contributed by atoms with E-state index in [0.717, 1.165) is 0 Å². The second-order valence-electron chi connectivity index (χ2n) is 7.93. The number of hydrogen-bond donors (Lipinski definition) is 1. The highest BCUT2D eigenvalue weighted by Crippen LogP contribution is 2.48. The van der Waals surface area contributed by atoms with Crippen LogP contribution < -0.4 is 0 Å². The fourth-order valence-corrected chi connectivity index (χ4v) is 3.96. The van der Waals surface area contributed by atoms with Crippen molar-refractivity contribution >= 4 is 17.6 Å². The Hall–Kier alpha value is -2.37. The normalized spacial score (nSPS) is 27.0. The molecule has 1 aromatic rings. The number of aromatic nitrogens is 1. The van der Waals surface area contributed by atoms with Crippen molar-refractivity contribution in [2.45, 2.75) is 39.2 Å². The summed E-state index contributed by atoms with van der Waals surface area (Å²) >= 11 is 0. The van der Waals surface area contributed by atoms with Crippen LogP contribution in [0.5, 0.6) is 0 Å². The van der Waals surface area contributed by atoms with Crippen LogP contribution in [-0.4, -0.2) is 45.6 Å². The molecule has 1 amide bonds. The van der Waals surface area contributed by atoms with Crippen molar-refractivity contribution in [1.29, 1.82) is 0 Å². The number of allylic oxidation sites excluding steroid dienone is 1. The largest absolute Gasteiger partial charge is 0.484 e. The van der Waals surface area contributed by atoms with Gasteiger partial charge < -0.3 is 14.7 Å². The molecule has 1 saturated heterocycles. The molecular weight excluding hydrogens is 320 g/mol. The Kier molecular flexibility index (Phi) is 4.31. The van der Waals surface area contributed by atoms with Gasteiger partial charge in [0.15, 0.2) is 5.78 Å². The number of carbonyl (C=O) groups excluding carboxylic acids is 1. The molecule has 0 saturated carbocycles. The minimum absolute atomic E-state index is 0.00456. The first-order valence-corrected chi connectivity index (χ1v) is 8.54. The first-order valence-electron chi connectivity index (χ1n) is 8.54. The number of carbonyl (C=O) groups is 2. The summed E-state index contributed by atoms with van der Waals surface area (Å²) in [4.78, 5) is 29.7. The molecule has 0 aromatic carbocycles. The number of ether oxygens (including phenoxy) is 1. The van der Waals surface area contributed by atoms with Crippen LogP contribution >= 0.6 is 0 Å². The van der Waals surface area contributed by atoms with E-state index in [1.54, 1.807) is 6.20 Å². The number of amides is 1. The number of nitrogens with zero attached hydrogens (tertiary/aromatic N) is 2. The summed E-state index contributed by atoms with van der Waals surface area (Å²) in [6.45, 7) is 6.93. The Morgan fingerprint density at radius 2 is 2.16 bits per heavy atom. The highest BCUT2D eigenvalue weighted by molar-refractivity contribution is 5.97. The van der Waals surface area contributed by atoms with E-state index in [0.29, 0.717) is 31.0 Å². The summed E-state index contributed by atoms with van der Waals surface area (Å²) in [6.07, 6.45) is 3.03. The number of ketones is 1. The van der Waals surface area contributed by atoms with Crippen molar-refractivity contribution in [3.05, 3.63) is 36.2 Å². The lowest BCUT2D eigenvalue weighted by Crippen LogP contribution is -2.59. The van der Waals surface area contributed by atoms with Gasteiger partial charge in [0, 0.05) is 37.7 Å². The van der Waals surface area contributed by atoms with Gasteiger partial charge in [0.1, 0.15) is 17.1 Å². The second-order valence-corrected chi connectivity index (χ2v) is 7.93. The van der Waals surface area contributed by atoms with E-state index in [1.165, 1.54) is 11.0 Å². The van der Waals surface area contributed by atoms with E-state index in [4.69, 9.17) is 4.74 Å². The lowest BCUT2D eigenvalue weighted by atomic mass is 9.65. The molecule has 2 aliphatic heterocycles. The predicted molar refractivity (Wildman–Crippen MR) is 92.8 cm³/mol. The van der Waals surface area contributed by atoms with E-state index in [9.17, 15) is 14.7 Å². The maximum atomic E-state index is 12.5. The third-order valence-electron chi connectivity index (χ3n) is 5.15. The topological polar surface area (TPSA) is 79.7 Å². The maximum Gasteiger partial charge on any atom is 0.407 e. The first-order chi connectivity index (χ1) is 11.7. The highest BCUT2D eigenvalue weighted by atomic mass is 16.5. The Morgan fingerprint density at radius 3 is 2.76 bits per heavy atom. The van der Waals surface area contributed by atoms with Crippen LogP contribution in [0.15, 0.2) is 30.5 Å². The molecule has 2 atom stereocenters. The summed E-state index contributed by atoms with van der Waals surface area (Å²) < 4.78 is 6.40. The van der Waals surface area contributed by atoms with E-state index >= 15 is 0 Å². The Labute approximate surface area is 147 Å². The smallest absolute Gasteiger partial charge is 0.407 e. The van der Waals surface area contributed by atoms with Gasteiger partial charge in [-0.25, -0.2) is 4.79 Å². The Bertz CT molecular complexity index is 708. The third kappa shape index (κ3) is 3.38. The van der Waals surface area contributed by atoms with E-state index < -0.39 is 11.7 Å². The van der Waals surface area contributed by atoms with Gasteiger partial charge in [-0.05, 0) is 17.5 Å². The van der Waals surface area contributed by atoms with Gasteiger partial charge in [-0.1, -0.05) is 26.8 Å². The number of likely N-dealkylation sites (tertiary alicyclic amines) is 1. The van der Waals surface area contributed by atoms with Crippen molar-refractivity contribution in [3.8, 4) is 0 Å². The van der Waals surface area contributed by atoms with Gasteiger partial charge in [-0.15, -0.1) is 0 Å². The molecule has 1 spiro atoms. The fourth-order valence-electron chi connectivity index (χ4n) is 3.96. The number of rotatable bonds is 1. The molecule has 0 bridgehead atoms. The fraction of sp³-hybridized carbons (Fsp3) is 0.526. The number of carboxylic acid groups (broad SMARTS) is 1. The van der Waals surface area contributed by atoms with Crippen LogP contribution in [0.4, 0.5) is 4.79 Å². The summed E-state index contributed by atoms with van der Waals surface area (Å²) in [6, 6.07) is 5.48. The predicted octanol–water partition coefficient (Wildman–Crippen LogP) is 3.20. The molecule has 6 heteroatoms. The first kappa shape index (κ1) is 17.5. The van der Waals surface area contributed by atoms with E-state index in [2.05, 4.69) is 25.8 Å². The van der Waals surface area contributed by atoms with Gasteiger partial charge in [-0.3, -0.25) is 9.78 Å².